The summed E-state index contributed by atoms with van der Waals surface area (Å²) in [6.45, 7) is 7.81. The number of benzene rings is 2. The molecule has 0 spiro atoms. The number of esters is 1. The van der Waals surface area contributed by atoms with E-state index in [0.29, 0.717) is 12.2 Å². The highest BCUT2D eigenvalue weighted by molar-refractivity contribution is 5.86. The minimum atomic E-state index is -0.295. The van der Waals surface area contributed by atoms with Gasteiger partial charge in [-0.25, -0.2) is 4.79 Å². The van der Waals surface area contributed by atoms with Crippen molar-refractivity contribution in [3.8, 4) is 0 Å². The third kappa shape index (κ3) is 4.45. The maximum absolute atomic E-state index is 11.2. The van der Waals surface area contributed by atoms with Crippen LogP contribution in [-0.2, 0) is 16.0 Å². The molecule has 0 N–H and O–H groups in total. The summed E-state index contributed by atoms with van der Waals surface area (Å²) in [6.07, 6.45) is 2.90. The van der Waals surface area contributed by atoms with Crippen molar-refractivity contribution in [2.24, 2.45) is 0 Å². The fraction of sp³-hybridized carbons (Fsp3) is 0.316. The van der Waals surface area contributed by atoms with E-state index in [1.165, 1.54) is 21.9 Å². The molecule has 0 atom stereocenters. The van der Waals surface area contributed by atoms with Crippen LogP contribution in [0.1, 0.15) is 30.9 Å². The summed E-state index contributed by atoms with van der Waals surface area (Å²) >= 11 is 0. The molecular formula is C19H22O2. The number of ether oxygens (including phenoxy) is 1. The Morgan fingerprint density at radius 2 is 1.81 bits per heavy atom. The lowest BCUT2D eigenvalue weighted by Gasteiger charge is -2.06. The third-order valence-corrected chi connectivity index (χ3v) is 3.50. The van der Waals surface area contributed by atoms with Crippen molar-refractivity contribution in [3.63, 3.8) is 0 Å². The van der Waals surface area contributed by atoms with Crippen LogP contribution in [0.5, 0.6) is 0 Å². The fourth-order valence-corrected chi connectivity index (χ4v) is 2.29. The van der Waals surface area contributed by atoms with Crippen LogP contribution in [0.4, 0.5) is 0 Å². The van der Waals surface area contributed by atoms with Crippen LogP contribution in [0.25, 0.3) is 10.8 Å². The highest BCUT2D eigenvalue weighted by atomic mass is 16.5. The minimum Gasteiger partial charge on any atom is -0.462 e. The lowest BCUT2D eigenvalue weighted by molar-refractivity contribution is -0.139. The summed E-state index contributed by atoms with van der Waals surface area (Å²) in [5.41, 5.74) is 3.08. The number of rotatable bonds is 6. The van der Waals surface area contributed by atoms with Gasteiger partial charge in [0, 0.05) is 5.57 Å². The third-order valence-electron chi connectivity index (χ3n) is 3.50. The van der Waals surface area contributed by atoms with E-state index in [4.69, 9.17) is 4.74 Å². The molecule has 0 aliphatic rings. The van der Waals surface area contributed by atoms with Gasteiger partial charge in [0.1, 0.15) is 0 Å². The number of fused-ring (bicyclic) bond motifs is 1. The van der Waals surface area contributed by atoms with E-state index in [1.54, 1.807) is 6.92 Å². The first-order chi connectivity index (χ1) is 10.1. The Morgan fingerprint density at radius 3 is 2.57 bits per heavy atom. The van der Waals surface area contributed by atoms with E-state index >= 15 is 0 Å². The molecule has 2 rings (SSSR count). The number of aryl methyl sites for hydroxylation is 2. The normalized spacial score (nSPS) is 10.6. The average Bonchev–Trinajstić information content (AvgIpc) is 2.46. The van der Waals surface area contributed by atoms with Gasteiger partial charge in [0.05, 0.1) is 6.61 Å². The molecule has 2 aromatic carbocycles. The molecule has 0 radical (unpaired) electrons. The Balaban J connectivity index is 1.82. The molecule has 110 valence electrons. The molecule has 0 aliphatic heterocycles. The summed E-state index contributed by atoms with van der Waals surface area (Å²) in [5.74, 6) is -0.295. The van der Waals surface area contributed by atoms with E-state index in [9.17, 15) is 4.79 Å². The highest BCUT2D eigenvalue weighted by Gasteiger charge is 2.02. The molecule has 2 aromatic rings. The van der Waals surface area contributed by atoms with Crippen molar-refractivity contribution >= 4 is 16.7 Å². The maximum atomic E-state index is 11.2. The van der Waals surface area contributed by atoms with Gasteiger partial charge in [0.25, 0.3) is 0 Å². The highest BCUT2D eigenvalue weighted by Crippen LogP contribution is 2.18. The van der Waals surface area contributed by atoms with E-state index in [1.807, 2.05) is 0 Å². The van der Waals surface area contributed by atoms with Crippen LogP contribution in [0, 0.1) is 6.92 Å². The predicted molar refractivity (Wildman–Crippen MR) is 87.4 cm³/mol. The quantitative estimate of drug-likeness (QED) is 0.440. The standard InChI is InChI=1S/C19H22O2/c1-14(2)19(20)21-11-5-4-6-16-8-10-17-12-15(3)7-9-18(17)13-16/h7-10,12-13H,1,4-6,11H2,2-3H3. The number of unbranched alkanes of at least 4 members (excludes halogenated alkanes) is 1. The first-order valence-corrected chi connectivity index (χ1v) is 7.38. The van der Waals surface area contributed by atoms with E-state index in [0.717, 1.165) is 19.3 Å². The monoisotopic (exact) mass is 282 g/mol. The Kier molecular flexibility index (Phi) is 5.15. The first kappa shape index (κ1) is 15.3. The number of carbonyl (C=O) groups is 1. The summed E-state index contributed by atoms with van der Waals surface area (Å²) in [5, 5.41) is 2.57. The molecule has 0 fully saturated rings. The smallest absolute Gasteiger partial charge is 0.333 e. The maximum Gasteiger partial charge on any atom is 0.333 e. The zero-order valence-corrected chi connectivity index (χ0v) is 12.8. The molecule has 0 bridgehead atoms. The van der Waals surface area contributed by atoms with Gasteiger partial charge in [0.2, 0.25) is 0 Å². The van der Waals surface area contributed by atoms with Gasteiger partial charge < -0.3 is 4.74 Å². The summed E-state index contributed by atoms with van der Waals surface area (Å²) in [7, 11) is 0. The van der Waals surface area contributed by atoms with Crippen LogP contribution in [0.3, 0.4) is 0 Å². The molecule has 0 amide bonds. The molecule has 0 saturated heterocycles. The molecule has 0 aromatic heterocycles. The lowest BCUT2D eigenvalue weighted by Crippen LogP contribution is -2.06. The Labute approximate surface area is 126 Å². The fourth-order valence-electron chi connectivity index (χ4n) is 2.29. The van der Waals surface area contributed by atoms with Crippen molar-refractivity contribution in [1.82, 2.24) is 0 Å². The van der Waals surface area contributed by atoms with Gasteiger partial charge in [0.15, 0.2) is 0 Å². The van der Waals surface area contributed by atoms with Crippen molar-refractivity contribution in [3.05, 3.63) is 59.7 Å². The molecule has 0 aliphatic carbocycles. The molecule has 21 heavy (non-hydrogen) atoms. The Hall–Kier alpha value is -2.09. The van der Waals surface area contributed by atoms with Gasteiger partial charge >= 0.3 is 5.97 Å². The first-order valence-electron chi connectivity index (χ1n) is 7.38. The molecule has 0 unspecified atom stereocenters. The zero-order valence-electron chi connectivity index (χ0n) is 12.8. The Bertz CT molecular complexity index is 656. The molecular weight excluding hydrogens is 260 g/mol. The molecule has 2 nitrogen and oxygen atoms in total. The van der Waals surface area contributed by atoms with E-state index < -0.39 is 0 Å². The molecule has 0 heterocycles. The van der Waals surface area contributed by atoms with Gasteiger partial charge in [-0.3, -0.25) is 0 Å². The summed E-state index contributed by atoms with van der Waals surface area (Å²) < 4.78 is 5.09. The van der Waals surface area contributed by atoms with Crippen molar-refractivity contribution in [2.75, 3.05) is 6.61 Å². The van der Waals surface area contributed by atoms with Gasteiger partial charge in [-0.2, -0.15) is 0 Å². The van der Waals surface area contributed by atoms with E-state index in [-0.39, 0.29) is 5.97 Å². The Morgan fingerprint density at radius 1 is 1.10 bits per heavy atom. The number of carbonyl (C=O) groups excluding carboxylic acids is 1. The second kappa shape index (κ2) is 7.07. The second-order valence-corrected chi connectivity index (χ2v) is 5.56. The summed E-state index contributed by atoms with van der Waals surface area (Å²) in [4.78, 5) is 11.2. The molecule has 2 heteroatoms. The number of hydrogen-bond acceptors (Lipinski definition) is 2. The predicted octanol–water partition coefficient (Wildman–Crippen LogP) is 4.59. The molecule has 0 saturated carbocycles. The van der Waals surface area contributed by atoms with Crippen LogP contribution in [0.15, 0.2) is 48.6 Å². The summed E-state index contributed by atoms with van der Waals surface area (Å²) in [6, 6.07) is 13.1. The van der Waals surface area contributed by atoms with Gasteiger partial charge in [-0.05, 0) is 49.4 Å². The SMILES string of the molecule is C=C(C)C(=O)OCCCCc1ccc2cc(C)ccc2c1. The van der Waals surface area contributed by atoms with Crippen LogP contribution in [0.2, 0.25) is 0 Å². The van der Waals surface area contributed by atoms with Crippen LogP contribution >= 0.6 is 0 Å². The van der Waals surface area contributed by atoms with Gasteiger partial charge in [-0.15, -0.1) is 0 Å². The van der Waals surface area contributed by atoms with E-state index in [2.05, 4.69) is 49.9 Å². The largest absolute Gasteiger partial charge is 0.462 e. The van der Waals surface area contributed by atoms with Gasteiger partial charge in [-0.1, -0.05) is 48.5 Å². The lowest BCUT2D eigenvalue weighted by atomic mass is 10.0. The average molecular weight is 282 g/mol. The van der Waals surface area contributed by atoms with Crippen LogP contribution in [-0.4, -0.2) is 12.6 Å². The minimum absolute atomic E-state index is 0.295. The second-order valence-electron chi connectivity index (χ2n) is 5.56. The topological polar surface area (TPSA) is 26.3 Å². The number of hydrogen-bond donors (Lipinski definition) is 0. The zero-order chi connectivity index (χ0) is 15.2. The van der Waals surface area contributed by atoms with Crippen molar-refractivity contribution in [1.29, 1.82) is 0 Å². The van der Waals surface area contributed by atoms with Crippen LogP contribution < -0.4 is 0 Å². The van der Waals surface area contributed by atoms with Crippen molar-refractivity contribution < 1.29 is 9.53 Å². The van der Waals surface area contributed by atoms with Crippen molar-refractivity contribution in [2.45, 2.75) is 33.1 Å².